The molecule has 4 nitrogen and oxygen atoms in total. The number of rotatable bonds is 4. The summed E-state index contributed by atoms with van der Waals surface area (Å²) >= 11 is 4.72. The standard InChI is InChI=1S/C30H20I2O4/c31-21-15-7-13-19-23-20-14-8-16-22(32)25(20)26(24(19)21)28(36-30(34)18-11-5-2-6-12-18)27(23)35-29(33)17-9-3-1-4-10-17/h1-16,23,26-28H/t23-,26-,27?,28?. The summed E-state index contributed by atoms with van der Waals surface area (Å²) in [5.41, 5.74) is 5.49. The monoisotopic (exact) mass is 698 g/mol. The van der Waals surface area contributed by atoms with Gasteiger partial charge in [-0.25, -0.2) is 9.59 Å². The maximum atomic E-state index is 13.3. The first-order chi connectivity index (χ1) is 17.5. The summed E-state index contributed by atoms with van der Waals surface area (Å²) in [5, 5.41) is 0. The van der Waals surface area contributed by atoms with Crippen molar-refractivity contribution in [2.24, 2.45) is 0 Å². The summed E-state index contributed by atoms with van der Waals surface area (Å²) in [7, 11) is 0. The summed E-state index contributed by atoms with van der Waals surface area (Å²) in [5.74, 6) is -1.34. The van der Waals surface area contributed by atoms with Crippen LogP contribution in [-0.4, -0.2) is 24.1 Å². The Balaban J connectivity index is 1.51. The molecule has 0 amide bonds. The third-order valence-corrected chi connectivity index (χ3v) is 8.83. The van der Waals surface area contributed by atoms with E-state index in [4.69, 9.17) is 9.47 Å². The Morgan fingerprint density at radius 3 is 1.39 bits per heavy atom. The number of hydrogen-bond acceptors (Lipinski definition) is 4. The Kier molecular flexibility index (Phi) is 6.33. The molecule has 0 radical (unpaired) electrons. The molecule has 2 unspecified atom stereocenters. The molecular weight excluding hydrogens is 678 g/mol. The number of carbonyl (C=O) groups is 2. The van der Waals surface area contributed by atoms with E-state index in [1.54, 1.807) is 24.3 Å². The quantitative estimate of drug-likeness (QED) is 0.171. The van der Waals surface area contributed by atoms with Gasteiger partial charge in [0.05, 0.1) is 23.0 Å². The Labute approximate surface area is 236 Å². The smallest absolute Gasteiger partial charge is 0.338 e. The van der Waals surface area contributed by atoms with Gasteiger partial charge in [0.1, 0.15) is 0 Å². The van der Waals surface area contributed by atoms with Crippen LogP contribution < -0.4 is 0 Å². The Hall–Kier alpha value is -2.72. The second-order valence-corrected chi connectivity index (χ2v) is 11.2. The molecule has 7 rings (SSSR count). The normalized spacial score (nSPS) is 21.3. The Morgan fingerprint density at radius 1 is 0.528 bits per heavy atom. The van der Waals surface area contributed by atoms with Crippen LogP contribution in [-0.2, 0) is 9.47 Å². The van der Waals surface area contributed by atoms with Gasteiger partial charge in [0, 0.05) is 7.14 Å². The number of carbonyl (C=O) groups excluding carboxylic acids is 2. The number of esters is 2. The van der Waals surface area contributed by atoms with E-state index in [9.17, 15) is 9.59 Å². The lowest BCUT2D eigenvalue weighted by atomic mass is 9.61. The van der Waals surface area contributed by atoms with E-state index in [2.05, 4.69) is 69.4 Å². The highest BCUT2D eigenvalue weighted by molar-refractivity contribution is 14.1. The van der Waals surface area contributed by atoms with Gasteiger partial charge in [0.2, 0.25) is 0 Å². The molecule has 0 saturated carbocycles. The Morgan fingerprint density at radius 2 is 0.944 bits per heavy atom. The van der Waals surface area contributed by atoms with Crippen LogP contribution in [0.5, 0.6) is 0 Å². The first kappa shape index (κ1) is 23.7. The average molecular weight is 698 g/mol. The molecule has 0 spiro atoms. The zero-order valence-corrected chi connectivity index (χ0v) is 23.3. The van der Waals surface area contributed by atoms with Gasteiger partial charge in [-0.05, 0) is 104 Å². The fourth-order valence-corrected chi connectivity index (χ4v) is 7.19. The molecule has 0 fully saturated rings. The van der Waals surface area contributed by atoms with Gasteiger partial charge in [0.25, 0.3) is 0 Å². The van der Waals surface area contributed by atoms with E-state index in [1.807, 2.05) is 48.5 Å². The van der Waals surface area contributed by atoms with Gasteiger partial charge < -0.3 is 9.47 Å². The summed E-state index contributed by atoms with van der Waals surface area (Å²) in [6, 6.07) is 30.4. The Bertz CT molecular complexity index is 1420. The second kappa shape index (κ2) is 9.63. The maximum absolute atomic E-state index is 13.3. The van der Waals surface area contributed by atoms with E-state index in [-0.39, 0.29) is 11.8 Å². The highest BCUT2D eigenvalue weighted by Crippen LogP contribution is 2.57. The molecule has 0 aromatic heterocycles. The van der Waals surface area contributed by atoms with Crippen molar-refractivity contribution in [3.8, 4) is 0 Å². The van der Waals surface area contributed by atoms with E-state index < -0.39 is 24.1 Å². The second-order valence-electron chi connectivity index (χ2n) is 8.91. The largest absolute Gasteiger partial charge is 0.454 e. The molecule has 2 atom stereocenters. The summed E-state index contributed by atoms with van der Waals surface area (Å²) in [6.07, 6.45) is -1.33. The van der Waals surface area contributed by atoms with Crippen LogP contribution in [0.25, 0.3) is 0 Å². The van der Waals surface area contributed by atoms with Gasteiger partial charge >= 0.3 is 11.9 Å². The molecule has 0 aliphatic heterocycles. The number of hydrogen-bond donors (Lipinski definition) is 0. The topological polar surface area (TPSA) is 52.6 Å². The van der Waals surface area contributed by atoms with E-state index in [0.29, 0.717) is 11.1 Å². The van der Waals surface area contributed by atoms with Crippen molar-refractivity contribution in [1.82, 2.24) is 0 Å². The van der Waals surface area contributed by atoms with Gasteiger partial charge in [-0.2, -0.15) is 0 Å². The first-order valence-electron chi connectivity index (χ1n) is 11.6. The van der Waals surface area contributed by atoms with Crippen molar-refractivity contribution in [3.63, 3.8) is 0 Å². The van der Waals surface area contributed by atoms with Gasteiger partial charge in [-0.3, -0.25) is 0 Å². The molecule has 0 saturated heterocycles. The van der Waals surface area contributed by atoms with Crippen molar-refractivity contribution in [2.75, 3.05) is 0 Å². The molecule has 2 bridgehead atoms. The van der Waals surface area contributed by atoms with Crippen LogP contribution in [0.15, 0.2) is 97.1 Å². The first-order valence-corrected chi connectivity index (χ1v) is 13.8. The lowest BCUT2D eigenvalue weighted by molar-refractivity contribution is -0.0560. The van der Waals surface area contributed by atoms with Crippen molar-refractivity contribution in [2.45, 2.75) is 24.0 Å². The van der Waals surface area contributed by atoms with E-state index in [1.165, 1.54) is 0 Å². The number of fused-ring (bicyclic) bond motifs is 1. The molecule has 0 heterocycles. The zero-order valence-electron chi connectivity index (χ0n) is 18.9. The van der Waals surface area contributed by atoms with E-state index in [0.717, 1.165) is 29.4 Å². The van der Waals surface area contributed by atoms with Crippen LogP contribution >= 0.6 is 45.2 Å². The minimum absolute atomic E-state index is 0.245. The fraction of sp³-hybridized carbons (Fsp3) is 0.133. The molecular formula is C30H20I2O4. The molecule has 4 aromatic rings. The predicted molar refractivity (Wildman–Crippen MR) is 153 cm³/mol. The summed E-state index contributed by atoms with van der Waals surface area (Å²) in [4.78, 5) is 26.6. The predicted octanol–water partition coefficient (Wildman–Crippen LogP) is 6.94. The van der Waals surface area contributed by atoms with Crippen LogP contribution in [0.3, 0.4) is 0 Å². The molecule has 3 aliphatic rings. The molecule has 36 heavy (non-hydrogen) atoms. The third-order valence-electron chi connectivity index (χ3n) is 6.95. The third kappa shape index (κ3) is 3.94. The molecule has 3 aliphatic carbocycles. The molecule has 0 N–H and O–H groups in total. The van der Waals surface area contributed by atoms with E-state index >= 15 is 0 Å². The zero-order chi connectivity index (χ0) is 24.8. The van der Waals surface area contributed by atoms with Crippen molar-refractivity contribution >= 4 is 57.1 Å². The summed E-state index contributed by atoms with van der Waals surface area (Å²) < 4.78 is 14.7. The van der Waals surface area contributed by atoms with Gasteiger partial charge in [-0.15, -0.1) is 0 Å². The number of halogens is 2. The van der Waals surface area contributed by atoms with Crippen molar-refractivity contribution in [3.05, 3.63) is 138 Å². The molecule has 4 aromatic carbocycles. The van der Waals surface area contributed by atoms with Gasteiger partial charge in [-0.1, -0.05) is 60.7 Å². The highest BCUT2D eigenvalue weighted by atomic mass is 127. The minimum atomic E-state index is -0.665. The maximum Gasteiger partial charge on any atom is 0.338 e. The van der Waals surface area contributed by atoms with Crippen molar-refractivity contribution in [1.29, 1.82) is 0 Å². The number of benzene rings is 4. The highest BCUT2D eigenvalue weighted by Gasteiger charge is 2.55. The SMILES string of the molecule is O=C(OC1C(OC(=O)c2ccccc2)[C@H]2c3c(I)cccc3[C@H]1c1cccc(I)c12)c1ccccc1. The molecule has 6 heteroatoms. The number of ether oxygens (including phenoxy) is 2. The fourth-order valence-electron chi connectivity index (χ4n) is 5.48. The lowest BCUT2D eigenvalue weighted by Crippen LogP contribution is -2.52. The minimum Gasteiger partial charge on any atom is -0.454 e. The lowest BCUT2D eigenvalue weighted by Gasteiger charge is -2.49. The van der Waals surface area contributed by atoms with Crippen LogP contribution in [0.4, 0.5) is 0 Å². The van der Waals surface area contributed by atoms with Crippen molar-refractivity contribution < 1.29 is 19.1 Å². The van der Waals surface area contributed by atoms with Crippen LogP contribution in [0, 0.1) is 7.14 Å². The summed E-state index contributed by atoms with van der Waals surface area (Å²) in [6.45, 7) is 0. The molecule has 178 valence electrons. The van der Waals surface area contributed by atoms with Crippen LogP contribution in [0.1, 0.15) is 54.8 Å². The average Bonchev–Trinajstić information content (AvgIpc) is 2.91. The van der Waals surface area contributed by atoms with Crippen LogP contribution in [0.2, 0.25) is 0 Å². The van der Waals surface area contributed by atoms with Gasteiger partial charge in [0.15, 0.2) is 12.2 Å².